The van der Waals surface area contributed by atoms with Gasteiger partial charge in [-0.15, -0.1) is 21.5 Å². The maximum absolute atomic E-state index is 5.43. The summed E-state index contributed by atoms with van der Waals surface area (Å²) in [5.74, 6) is 1.19. The number of aryl methyl sites for hydroxylation is 1. The second-order valence-electron chi connectivity index (χ2n) is 3.03. The monoisotopic (exact) mass is 209 g/mol. The van der Waals surface area contributed by atoms with Crippen LogP contribution in [0.15, 0.2) is 15.9 Å². The maximum Gasteiger partial charge on any atom is 0.257 e. The highest BCUT2D eigenvalue weighted by Crippen LogP contribution is 2.25. The molecule has 14 heavy (non-hydrogen) atoms. The third-order valence-electron chi connectivity index (χ3n) is 1.77. The molecule has 74 valence electrons. The molecule has 0 aliphatic carbocycles. The van der Waals surface area contributed by atoms with Crippen molar-refractivity contribution in [3.63, 3.8) is 0 Å². The number of hydrogen-bond donors (Lipinski definition) is 1. The van der Waals surface area contributed by atoms with Crippen molar-refractivity contribution in [2.75, 3.05) is 6.54 Å². The number of thiophene rings is 1. The molecule has 2 heterocycles. The number of aromatic nitrogens is 2. The van der Waals surface area contributed by atoms with Gasteiger partial charge in [-0.05, 0) is 23.9 Å². The lowest BCUT2D eigenvalue weighted by atomic mass is 10.3. The normalized spacial score (nSPS) is 10.7. The number of nitrogens with two attached hydrogens (primary N) is 1. The Kier molecular flexibility index (Phi) is 2.60. The first-order valence-electron chi connectivity index (χ1n) is 4.37. The van der Waals surface area contributed by atoms with E-state index in [1.165, 1.54) is 5.56 Å². The first-order valence-corrected chi connectivity index (χ1v) is 5.25. The highest BCUT2D eigenvalue weighted by atomic mass is 32.1. The molecule has 0 radical (unpaired) electrons. The van der Waals surface area contributed by atoms with Gasteiger partial charge in [-0.3, -0.25) is 0 Å². The first kappa shape index (κ1) is 9.36. The Morgan fingerprint density at radius 3 is 3.00 bits per heavy atom. The Hall–Kier alpha value is -1.20. The van der Waals surface area contributed by atoms with Crippen LogP contribution in [0.1, 0.15) is 11.5 Å². The zero-order valence-corrected chi connectivity index (χ0v) is 8.67. The molecule has 0 aromatic carbocycles. The summed E-state index contributed by atoms with van der Waals surface area (Å²) in [6.07, 6.45) is 0.636. The Balaban J connectivity index is 2.24. The molecule has 0 atom stereocenters. The Labute approximate surface area is 85.8 Å². The smallest absolute Gasteiger partial charge is 0.257 e. The topological polar surface area (TPSA) is 64.9 Å². The predicted octanol–water partition coefficient (Wildman–Crippen LogP) is 1.61. The zero-order chi connectivity index (χ0) is 9.97. The van der Waals surface area contributed by atoms with E-state index in [1.807, 2.05) is 13.0 Å². The average Bonchev–Trinajstić information content (AvgIpc) is 2.74. The second-order valence-corrected chi connectivity index (χ2v) is 3.94. The molecule has 2 rings (SSSR count). The van der Waals surface area contributed by atoms with Crippen LogP contribution in [0.25, 0.3) is 10.8 Å². The molecule has 0 saturated heterocycles. The van der Waals surface area contributed by atoms with E-state index in [4.69, 9.17) is 10.2 Å². The van der Waals surface area contributed by atoms with E-state index in [1.54, 1.807) is 11.3 Å². The van der Waals surface area contributed by atoms with Crippen molar-refractivity contribution in [2.24, 2.45) is 5.73 Å². The van der Waals surface area contributed by atoms with Gasteiger partial charge in [-0.2, -0.15) is 0 Å². The van der Waals surface area contributed by atoms with E-state index in [9.17, 15) is 0 Å². The fourth-order valence-corrected chi connectivity index (χ4v) is 1.94. The Morgan fingerprint density at radius 1 is 1.50 bits per heavy atom. The predicted molar refractivity (Wildman–Crippen MR) is 55.1 cm³/mol. The van der Waals surface area contributed by atoms with Crippen LogP contribution in [0.5, 0.6) is 0 Å². The van der Waals surface area contributed by atoms with Crippen molar-refractivity contribution in [1.29, 1.82) is 0 Å². The minimum absolute atomic E-state index is 0.533. The van der Waals surface area contributed by atoms with Crippen molar-refractivity contribution in [3.05, 3.63) is 22.9 Å². The third-order valence-corrected chi connectivity index (χ3v) is 2.80. The lowest BCUT2D eigenvalue weighted by Crippen LogP contribution is -2.02. The van der Waals surface area contributed by atoms with E-state index >= 15 is 0 Å². The summed E-state index contributed by atoms with van der Waals surface area (Å²) < 4.78 is 5.43. The van der Waals surface area contributed by atoms with Gasteiger partial charge >= 0.3 is 0 Å². The van der Waals surface area contributed by atoms with Crippen molar-refractivity contribution < 1.29 is 4.42 Å². The molecule has 0 unspecified atom stereocenters. The molecule has 0 aliphatic heterocycles. The minimum Gasteiger partial charge on any atom is -0.420 e. The molecule has 2 N–H and O–H groups in total. The highest BCUT2D eigenvalue weighted by Gasteiger charge is 2.09. The van der Waals surface area contributed by atoms with E-state index in [-0.39, 0.29) is 0 Å². The Bertz CT molecular complexity index is 421. The van der Waals surface area contributed by atoms with Gasteiger partial charge in [0.2, 0.25) is 5.89 Å². The molecule has 0 amide bonds. The molecule has 0 bridgehead atoms. The van der Waals surface area contributed by atoms with Crippen molar-refractivity contribution in [3.8, 4) is 10.8 Å². The first-order chi connectivity index (χ1) is 6.79. The van der Waals surface area contributed by atoms with Gasteiger partial charge in [-0.25, -0.2) is 0 Å². The molecule has 4 nitrogen and oxygen atoms in total. The van der Waals surface area contributed by atoms with E-state index in [2.05, 4.69) is 15.6 Å². The SMILES string of the molecule is Cc1csc(-c2nnc(CCN)o2)c1. The second kappa shape index (κ2) is 3.89. The average molecular weight is 209 g/mol. The van der Waals surface area contributed by atoms with Gasteiger partial charge < -0.3 is 10.2 Å². The maximum atomic E-state index is 5.43. The van der Waals surface area contributed by atoms with Gasteiger partial charge in [0.1, 0.15) is 0 Å². The third kappa shape index (κ3) is 1.83. The summed E-state index contributed by atoms with van der Waals surface area (Å²) in [5, 5.41) is 9.92. The van der Waals surface area contributed by atoms with E-state index in [0.717, 1.165) is 4.88 Å². The van der Waals surface area contributed by atoms with Gasteiger partial charge in [0, 0.05) is 13.0 Å². The summed E-state index contributed by atoms with van der Waals surface area (Å²) >= 11 is 1.61. The fourth-order valence-electron chi connectivity index (χ4n) is 1.12. The molecule has 0 aliphatic rings. The van der Waals surface area contributed by atoms with Crippen molar-refractivity contribution in [2.45, 2.75) is 13.3 Å². The lowest BCUT2D eigenvalue weighted by molar-refractivity contribution is 0.508. The largest absolute Gasteiger partial charge is 0.420 e. The molecule has 2 aromatic rings. The van der Waals surface area contributed by atoms with E-state index in [0.29, 0.717) is 24.7 Å². The van der Waals surface area contributed by atoms with Crippen LogP contribution in [0, 0.1) is 6.92 Å². The summed E-state index contributed by atoms with van der Waals surface area (Å²) in [6, 6.07) is 2.03. The van der Waals surface area contributed by atoms with Crippen LogP contribution in [0.3, 0.4) is 0 Å². The minimum atomic E-state index is 0.533. The number of nitrogens with zero attached hydrogens (tertiary/aromatic N) is 2. The van der Waals surface area contributed by atoms with Crippen molar-refractivity contribution in [1.82, 2.24) is 10.2 Å². The lowest BCUT2D eigenvalue weighted by Gasteiger charge is -1.87. The van der Waals surface area contributed by atoms with Crippen LogP contribution in [0.4, 0.5) is 0 Å². The molecular formula is C9H11N3OS. The zero-order valence-electron chi connectivity index (χ0n) is 7.86. The molecule has 2 aromatic heterocycles. The fraction of sp³-hybridized carbons (Fsp3) is 0.333. The Morgan fingerprint density at radius 2 is 2.36 bits per heavy atom. The van der Waals surface area contributed by atoms with Gasteiger partial charge in [-0.1, -0.05) is 0 Å². The van der Waals surface area contributed by atoms with Gasteiger partial charge in [0.15, 0.2) is 0 Å². The van der Waals surface area contributed by atoms with Crippen molar-refractivity contribution >= 4 is 11.3 Å². The summed E-state index contributed by atoms with van der Waals surface area (Å²) in [7, 11) is 0. The van der Waals surface area contributed by atoms with Crippen LogP contribution < -0.4 is 5.73 Å². The number of hydrogen-bond acceptors (Lipinski definition) is 5. The van der Waals surface area contributed by atoms with Crippen LogP contribution in [-0.2, 0) is 6.42 Å². The van der Waals surface area contributed by atoms with Gasteiger partial charge in [0.25, 0.3) is 5.89 Å². The summed E-state index contributed by atoms with van der Waals surface area (Å²) in [6.45, 7) is 2.57. The van der Waals surface area contributed by atoms with Crippen LogP contribution in [0.2, 0.25) is 0 Å². The quantitative estimate of drug-likeness (QED) is 0.834. The molecule has 0 spiro atoms. The summed E-state index contributed by atoms with van der Waals surface area (Å²) in [4.78, 5) is 1.01. The molecule has 0 saturated carbocycles. The summed E-state index contributed by atoms with van der Waals surface area (Å²) in [5.41, 5.74) is 6.60. The van der Waals surface area contributed by atoms with Gasteiger partial charge in [0.05, 0.1) is 4.88 Å². The number of rotatable bonds is 3. The molecular weight excluding hydrogens is 198 g/mol. The highest BCUT2D eigenvalue weighted by molar-refractivity contribution is 7.13. The molecule has 0 fully saturated rings. The van der Waals surface area contributed by atoms with Crippen LogP contribution >= 0.6 is 11.3 Å². The standard InChI is InChI=1S/C9H11N3OS/c1-6-4-7(14-5-6)9-12-11-8(13-9)2-3-10/h4-5H,2-3,10H2,1H3. The van der Waals surface area contributed by atoms with Crippen LogP contribution in [-0.4, -0.2) is 16.7 Å². The molecule has 5 heteroatoms. The van der Waals surface area contributed by atoms with E-state index < -0.39 is 0 Å².